The Morgan fingerprint density at radius 3 is 2.75 bits per heavy atom. The van der Waals surface area contributed by atoms with Crippen molar-refractivity contribution in [1.29, 1.82) is 0 Å². The quantitative estimate of drug-likeness (QED) is 0.741. The average Bonchev–Trinajstić information content (AvgIpc) is 2.52. The molecule has 1 heterocycles. The lowest BCUT2D eigenvalue weighted by atomic mass is 10.1. The van der Waals surface area contributed by atoms with Crippen LogP contribution in [0.3, 0.4) is 0 Å². The highest BCUT2D eigenvalue weighted by molar-refractivity contribution is 7.92. The van der Waals surface area contributed by atoms with Gasteiger partial charge in [-0.2, -0.15) is 0 Å². The van der Waals surface area contributed by atoms with Gasteiger partial charge < -0.3 is 10.1 Å². The van der Waals surface area contributed by atoms with Gasteiger partial charge >= 0.3 is 5.97 Å². The van der Waals surface area contributed by atoms with E-state index in [2.05, 4.69) is 10.1 Å². The number of nitrogens with one attached hydrogen (secondary N) is 1. The highest BCUT2D eigenvalue weighted by atomic mass is 32.2. The van der Waals surface area contributed by atoms with Gasteiger partial charge in [0.1, 0.15) is 5.88 Å². The maximum absolute atomic E-state index is 11.6. The topological polar surface area (TPSA) is 72.5 Å². The van der Waals surface area contributed by atoms with Crippen LogP contribution in [0.5, 0.6) is 0 Å². The molecule has 1 N–H and O–H groups in total. The number of esters is 1. The fourth-order valence-corrected chi connectivity index (χ4v) is 2.93. The Hall–Kier alpha value is -1.56. The van der Waals surface area contributed by atoms with Gasteiger partial charge in [-0.15, -0.1) is 0 Å². The Morgan fingerprint density at radius 2 is 2.12 bits per heavy atom. The first-order valence-corrected chi connectivity index (χ1v) is 6.30. The lowest BCUT2D eigenvalue weighted by Crippen LogP contribution is -2.06. The number of aryl methyl sites for hydroxylation is 1. The van der Waals surface area contributed by atoms with Crippen molar-refractivity contribution in [2.45, 2.75) is 11.8 Å². The number of fused-ring (bicyclic) bond motifs is 1. The van der Waals surface area contributed by atoms with E-state index in [1.165, 1.54) is 13.2 Å². The normalized spacial score (nSPS) is 16.4. The van der Waals surface area contributed by atoms with Crippen LogP contribution in [-0.4, -0.2) is 27.4 Å². The molecule has 0 aliphatic carbocycles. The van der Waals surface area contributed by atoms with Gasteiger partial charge in [-0.05, 0) is 24.6 Å². The Balaban J connectivity index is 2.65. The van der Waals surface area contributed by atoms with Gasteiger partial charge in [-0.25, -0.2) is 13.2 Å². The molecule has 0 amide bonds. The van der Waals surface area contributed by atoms with E-state index in [0.717, 1.165) is 0 Å². The summed E-state index contributed by atoms with van der Waals surface area (Å²) in [4.78, 5) is 11.6. The molecule has 16 heavy (non-hydrogen) atoms. The summed E-state index contributed by atoms with van der Waals surface area (Å²) in [5.41, 5.74) is 1.52. The van der Waals surface area contributed by atoms with Crippen LogP contribution in [0.2, 0.25) is 0 Å². The number of hydrogen-bond acceptors (Lipinski definition) is 5. The molecular weight excluding hydrogens is 230 g/mol. The van der Waals surface area contributed by atoms with Gasteiger partial charge in [0.2, 0.25) is 0 Å². The van der Waals surface area contributed by atoms with Gasteiger partial charge in [0, 0.05) is 0 Å². The van der Waals surface area contributed by atoms with E-state index in [0.29, 0.717) is 11.3 Å². The van der Waals surface area contributed by atoms with Crippen LogP contribution < -0.4 is 5.32 Å². The number of ether oxygens (including phenoxy) is 1. The Morgan fingerprint density at radius 1 is 1.44 bits per heavy atom. The third kappa shape index (κ3) is 1.55. The van der Waals surface area contributed by atoms with E-state index >= 15 is 0 Å². The van der Waals surface area contributed by atoms with Crippen molar-refractivity contribution in [3.8, 4) is 0 Å². The van der Waals surface area contributed by atoms with Crippen molar-refractivity contribution in [3.63, 3.8) is 0 Å². The van der Waals surface area contributed by atoms with Gasteiger partial charge in [0.25, 0.3) is 0 Å². The summed E-state index contributed by atoms with van der Waals surface area (Å²) >= 11 is 0. The average molecular weight is 241 g/mol. The molecule has 2 rings (SSSR count). The molecule has 0 saturated heterocycles. The number of carbonyl (C=O) groups excluding carboxylic acids is 1. The first kappa shape index (κ1) is 10.9. The van der Waals surface area contributed by atoms with Crippen molar-refractivity contribution in [2.75, 3.05) is 18.3 Å². The number of benzene rings is 1. The number of methoxy groups -OCH3 is 1. The molecule has 0 bridgehead atoms. The van der Waals surface area contributed by atoms with Gasteiger partial charge in [0.15, 0.2) is 9.84 Å². The minimum absolute atomic E-state index is 0.119. The molecular formula is C10H11NO4S. The Bertz CT molecular complexity index is 562. The van der Waals surface area contributed by atoms with Crippen molar-refractivity contribution >= 4 is 21.5 Å². The first-order valence-electron chi connectivity index (χ1n) is 4.65. The lowest BCUT2D eigenvalue weighted by Gasteiger charge is -2.06. The second-order valence-electron chi connectivity index (χ2n) is 3.59. The fourth-order valence-electron chi connectivity index (χ4n) is 1.66. The zero-order valence-corrected chi connectivity index (χ0v) is 9.72. The molecule has 0 aromatic heterocycles. The van der Waals surface area contributed by atoms with E-state index in [9.17, 15) is 13.2 Å². The van der Waals surface area contributed by atoms with Crippen LogP contribution in [0.25, 0.3) is 0 Å². The number of sulfone groups is 1. The van der Waals surface area contributed by atoms with E-state index in [4.69, 9.17) is 0 Å². The second-order valence-corrected chi connectivity index (χ2v) is 5.55. The summed E-state index contributed by atoms with van der Waals surface area (Å²) in [7, 11) is -2.04. The molecule has 0 fully saturated rings. The zero-order valence-electron chi connectivity index (χ0n) is 8.90. The van der Waals surface area contributed by atoms with E-state index in [1.54, 1.807) is 13.0 Å². The van der Waals surface area contributed by atoms with E-state index < -0.39 is 15.8 Å². The predicted molar refractivity (Wildman–Crippen MR) is 58.2 cm³/mol. The van der Waals surface area contributed by atoms with Gasteiger partial charge in [0.05, 0.1) is 23.3 Å². The molecule has 0 unspecified atom stereocenters. The van der Waals surface area contributed by atoms with Crippen molar-refractivity contribution in [2.24, 2.45) is 0 Å². The first-order chi connectivity index (χ1) is 7.45. The molecule has 1 aliphatic heterocycles. The van der Waals surface area contributed by atoms with Crippen LogP contribution in [0.15, 0.2) is 17.0 Å². The van der Waals surface area contributed by atoms with Crippen molar-refractivity contribution in [3.05, 3.63) is 23.3 Å². The van der Waals surface area contributed by atoms with Gasteiger partial charge in [-0.1, -0.05) is 0 Å². The standard InChI is InChI=1S/C10H11NO4S/c1-6-3-8-9(16(13,14)5-11-8)4-7(6)10(12)15-2/h3-4,11H,5H2,1-2H3. The molecule has 0 spiro atoms. The zero-order chi connectivity index (χ0) is 11.9. The molecule has 1 aliphatic rings. The highest BCUT2D eigenvalue weighted by Crippen LogP contribution is 2.31. The summed E-state index contributed by atoms with van der Waals surface area (Å²) in [6.07, 6.45) is 0. The van der Waals surface area contributed by atoms with Crippen LogP contribution in [0, 0.1) is 6.92 Å². The second kappa shape index (κ2) is 3.48. The molecule has 0 radical (unpaired) electrons. The largest absolute Gasteiger partial charge is 0.465 e. The Labute approximate surface area is 93.3 Å². The summed E-state index contributed by atoms with van der Waals surface area (Å²) in [6, 6.07) is 3.01. The van der Waals surface area contributed by atoms with Crippen molar-refractivity contribution < 1.29 is 17.9 Å². The monoisotopic (exact) mass is 241 g/mol. The van der Waals surface area contributed by atoms with Crippen LogP contribution in [-0.2, 0) is 14.6 Å². The van der Waals surface area contributed by atoms with E-state index in [1.807, 2.05) is 0 Å². The smallest absolute Gasteiger partial charge is 0.338 e. The van der Waals surface area contributed by atoms with Crippen LogP contribution >= 0.6 is 0 Å². The molecule has 6 heteroatoms. The summed E-state index contributed by atoms with van der Waals surface area (Å²) in [6.45, 7) is 1.74. The van der Waals surface area contributed by atoms with Crippen molar-refractivity contribution in [1.82, 2.24) is 0 Å². The third-order valence-electron chi connectivity index (χ3n) is 2.52. The third-order valence-corrected chi connectivity index (χ3v) is 4.05. The predicted octanol–water partition coefficient (Wildman–Crippen LogP) is 0.938. The summed E-state index contributed by atoms with van der Waals surface area (Å²) in [5, 5.41) is 2.78. The maximum Gasteiger partial charge on any atom is 0.338 e. The fraction of sp³-hybridized carbons (Fsp3) is 0.300. The number of anilines is 1. The van der Waals surface area contributed by atoms with Crippen LogP contribution in [0.4, 0.5) is 5.69 Å². The number of rotatable bonds is 1. The number of carbonyl (C=O) groups is 1. The minimum Gasteiger partial charge on any atom is -0.465 e. The maximum atomic E-state index is 11.6. The molecule has 0 saturated carbocycles. The molecule has 0 atom stereocenters. The summed E-state index contributed by atoms with van der Waals surface area (Å²) < 4.78 is 27.8. The lowest BCUT2D eigenvalue weighted by molar-refractivity contribution is 0.0599. The molecule has 1 aromatic rings. The van der Waals surface area contributed by atoms with Crippen LogP contribution in [0.1, 0.15) is 15.9 Å². The minimum atomic E-state index is -3.31. The molecule has 1 aromatic carbocycles. The van der Waals surface area contributed by atoms with Gasteiger partial charge in [-0.3, -0.25) is 0 Å². The molecule has 86 valence electrons. The molecule has 5 nitrogen and oxygen atoms in total. The summed E-state index contributed by atoms with van der Waals surface area (Å²) in [5.74, 6) is -0.644. The van der Waals surface area contributed by atoms with E-state index in [-0.39, 0.29) is 16.3 Å². The SMILES string of the molecule is COC(=O)c1cc2c(cc1C)NCS2(=O)=O. The highest BCUT2D eigenvalue weighted by Gasteiger charge is 2.28. The Kier molecular flexibility index (Phi) is 2.38. The number of hydrogen-bond donors (Lipinski definition) is 1.